The number of benzene rings is 1. The van der Waals surface area contributed by atoms with Crippen LogP contribution in [0.25, 0.3) is 0 Å². The van der Waals surface area contributed by atoms with Gasteiger partial charge in [-0.05, 0) is 12.0 Å². The van der Waals surface area contributed by atoms with Gasteiger partial charge < -0.3 is 10.4 Å². The Kier molecular flexibility index (Phi) is 5.69. The van der Waals surface area contributed by atoms with Crippen molar-refractivity contribution < 1.29 is 14.7 Å². The van der Waals surface area contributed by atoms with Crippen LogP contribution in [0.3, 0.4) is 0 Å². The van der Waals surface area contributed by atoms with E-state index in [9.17, 15) is 9.59 Å². The van der Waals surface area contributed by atoms with Crippen LogP contribution in [-0.2, 0) is 16.0 Å². The molecule has 0 aromatic heterocycles. The van der Waals surface area contributed by atoms with Crippen molar-refractivity contribution in [3.63, 3.8) is 0 Å². The fourth-order valence-corrected chi connectivity index (χ4v) is 1.95. The van der Waals surface area contributed by atoms with Gasteiger partial charge >= 0.3 is 5.97 Å². The molecule has 0 aliphatic heterocycles. The highest BCUT2D eigenvalue weighted by Crippen LogP contribution is 2.11. The second kappa shape index (κ2) is 7.06. The number of carbonyl (C=O) groups is 2. The van der Waals surface area contributed by atoms with Crippen LogP contribution in [0.4, 0.5) is 0 Å². The van der Waals surface area contributed by atoms with E-state index >= 15 is 0 Å². The minimum atomic E-state index is -1.04. The van der Waals surface area contributed by atoms with Crippen LogP contribution in [0.5, 0.6) is 0 Å². The summed E-state index contributed by atoms with van der Waals surface area (Å²) in [7, 11) is 0. The fraction of sp³-hybridized carbons (Fsp3) is 0.333. The van der Waals surface area contributed by atoms with E-state index in [2.05, 4.69) is 21.2 Å². The fourth-order valence-electron chi connectivity index (χ4n) is 1.42. The Morgan fingerprint density at radius 2 is 1.94 bits per heavy atom. The molecule has 0 radical (unpaired) electrons. The molecule has 2 N–H and O–H groups in total. The molecule has 0 spiro atoms. The maximum Gasteiger partial charge on any atom is 0.322 e. The van der Waals surface area contributed by atoms with Gasteiger partial charge in [-0.3, -0.25) is 9.59 Å². The van der Waals surface area contributed by atoms with E-state index in [1.54, 1.807) is 0 Å². The van der Waals surface area contributed by atoms with E-state index in [4.69, 9.17) is 5.11 Å². The minimum absolute atomic E-state index is 0.242. The molecule has 0 aliphatic carbocycles. The molecule has 17 heavy (non-hydrogen) atoms. The third kappa shape index (κ3) is 4.99. The number of nitrogens with one attached hydrogen (secondary N) is 1. The van der Waals surface area contributed by atoms with Gasteiger partial charge in [-0.1, -0.05) is 46.3 Å². The molecule has 5 heteroatoms. The zero-order chi connectivity index (χ0) is 12.7. The van der Waals surface area contributed by atoms with Crippen molar-refractivity contribution in [1.29, 1.82) is 0 Å². The minimum Gasteiger partial charge on any atom is -0.480 e. The van der Waals surface area contributed by atoms with Crippen LogP contribution in [-0.4, -0.2) is 28.9 Å². The molecule has 4 nitrogen and oxygen atoms in total. The standard InChI is InChI=1S/C12H14BrNO3/c13-7-10(12(17)14-8-11(15)16)6-9-4-2-1-3-5-9/h1-5,10H,6-8H2,(H,14,17)(H,15,16)/t10-/m1/s1. The molecule has 1 rings (SSSR count). The summed E-state index contributed by atoms with van der Waals surface area (Å²) >= 11 is 3.27. The molecular weight excluding hydrogens is 286 g/mol. The normalized spacial score (nSPS) is 11.8. The molecule has 1 amide bonds. The molecule has 1 atom stereocenters. The number of carboxylic acid groups (broad SMARTS) is 1. The lowest BCUT2D eigenvalue weighted by molar-refractivity contribution is -0.138. The number of hydrogen-bond acceptors (Lipinski definition) is 2. The van der Waals surface area contributed by atoms with E-state index in [0.717, 1.165) is 5.56 Å². The molecule has 0 heterocycles. The average molecular weight is 300 g/mol. The summed E-state index contributed by atoms with van der Waals surface area (Å²) in [6, 6.07) is 9.63. The number of alkyl halides is 1. The highest BCUT2D eigenvalue weighted by Gasteiger charge is 2.17. The Bertz CT molecular complexity index is 381. The van der Waals surface area contributed by atoms with Gasteiger partial charge in [0.25, 0.3) is 0 Å². The summed E-state index contributed by atoms with van der Waals surface area (Å²) in [6.45, 7) is -0.336. The first kappa shape index (κ1) is 13.7. The molecule has 0 saturated carbocycles. The Labute approximate surface area is 108 Å². The molecule has 0 saturated heterocycles. The first-order valence-electron chi connectivity index (χ1n) is 5.23. The Morgan fingerprint density at radius 1 is 1.29 bits per heavy atom. The predicted octanol–water partition coefficient (Wildman–Crippen LogP) is 1.44. The van der Waals surface area contributed by atoms with Crippen LogP contribution >= 0.6 is 15.9 Å². The zero-order valence-electron chi connectivity index (χ0n) is 9.23. The number of rotatable bonds is 6. The molecule has 0 bridgehead atoms. The van der Waals surface area contributed by atoms with Crippen molar-refractivity contribution in [3.05, 3.63) is 35.9 Å². The average Bonchev–Trinajstić information content (AvgIpc) is 2.34. The van der Waals surface area contributed by atoms with Crippen molar-refractivity contribution in [3.8, 4) is 0 Å². The van der Waals surface area contributed by atoms with Crippen molar-refractivity contribution in [2.24, 2.45) is 5.92 Å². The monoisotopic (exact) mass is 299 g/mol. The maximum absolute atomic E-state index is 11.7. The van der Waals surface area contributed by atoms with E-state index in [1.165, 1.54) is 0 Å². The van der Waals surface area contributed by atoms with E-state index < -0.39 is 5.97 Å². The van der Waals surface area contributed by atoms with Gasteiger partial charge in [0.2, 0.25) is 5.91 Å². The number of hydrogen-bond donors (Lipinski definition) is 2. The second-order valence-corrected chi connectivity index (χ2v) is 4.30. The Morgan fingerprint density at radius 3 is 2.47 bits per heavy atom. The molecular formula is C12H14BrNO3. The number of carboxylic acids is 1. The van der Waals surface area contributed by atoms with Crippen LogP contribution < -0.4 is 5.32 Å². The van der Waals surface area contributed by atoms with E-state index in [0.29, 0.717) is 11.8 Å². The summed E-state index contributed by atoms with van der Waals surface area (Å²) in [5.74, 6) is -1.53. The lowest BCUT2D eigenvalue weighted by Gasteiger charge is -2.13. The van der Waals surface area contributed by atoms with Gasteiger partial charge in [0.05, 0.1) is 5.92 Å². The highest BCUT2D eigenvalue weighted by molar-refractivity contribution is 9.09. The van der Waals surface area contributed by atoms with E-state index in [-0.39, 0.29) is 18.4 Å². The van der Waals surface area contributed by atoms with Crippen LogP contribution in [0.1, 0.15) is 5.56 Å². The van der Waals surface area contributed by atoms with Crippen LogP contribution in [0.2, 0.25) is 0 Å². The maximum atomic E-state index is 11.7. The van der Waals surface area contributed by atoms with Crippen molar-refractivity contribution in [2.45, 2.75) is 6.42 Å². The van der Waals surface area contributed by atoms with Crippen molar-refractivity contribution in [1.82, 2.24) is 5.32 Å². The summed E-state index contributed by atoms with van der Waals surface area (Å²) < 4.78 is 0. The van der Waals surface area contributed by atoms with Gasteiger partial charge in [-0.2, -0.15) is 0 Å². The lowest BCUT2D eigenvalue weighted by Crippen LogP contribution is -2.36. The van der Waals surface area contributed by atoms with Gasteiger partial charge in [-0.25, -0.2) is 0 Å². The first-order valence-corrected chi connectivity index (χ1v) is 6.35. The topological polar surface area (TPSA) is 66.4 Å². The molecule has 0 fully saturated rings. The summed E-state index contributed by atoms with van der Waals surface area (Å²) in [5.41, 5.74) is 1.06. The van der Waals surface area contributed by atoms with Crippen molar-refractivity contribution in [2.75, 3.05) is 11.9 Å². The van der Waals surface area contributed by atoms with E-state index in [1.807, 2.05) is 30.3 Å². The third-order valence-corrected chi connectivity index (χ3v) is 3.08. The predicted molar refractivity (Wildman–Crippen MR) is 68.1 cm³/mol. The molecule has 0 unspecified atom stereocenters. The molecule has 0 aliphatic rings. The third-order valence-electron chi connectivity index (χ3n) is 2.30. The molecule has 1 aromatic carbocycles. The summed E-state index contributed by atoms with van der Waals surface area (Å²) in [6.07, 6.45) is 0.595. The lowest BCUT2D eigenvalue weighted by atomic mass is 10.0. The van der Waals surface area contributed by atoms with Crippen LogP contribution in [0.15, 0.2) is 30.3 Å². The number of halogens is 1. The van der Waals surface area contributed by atoms with Crippen LogP contribution in [0, 0.1) is 5.92 Å². The second-order valence-electron chi connectivity index (χ2n) is 3.65. The Hall–Kier alpha value is -1.36. The molecule has 1 aromatic rings. The highest BCUT2D eigenvalue weighted by atomic mass is 79.9. The largest absolute Gasteiger partial charge is 0.480 e. The summed E-state index contributed by atoms with van der Waals surface area (Å²) in [4.78, 5) is 22.0. The Balaban J connectivity index is 2.53. The quantitative estimate of drug-likeness (QED) is 0.781. The molecule has 92 valence electrons. The van der Waals surface area contributed by atoms with Gasteiger partial charge in [0, 0.05) is 5.33 Å². The van der Waals surface area contributed by atoms with Gasteiger partial charge in [-0.15, -0.1) is 0 Å². The van der Waals surface area contributed by atoms with Crippen molar-refractivity contribution >= 4 is 27.8 Å². The van der Waals surface area contributed by atoms with Gasteiger partial charge in [0.15, 0.2) is 0 Å². The number of aliphatic carboxylic acids is 1. The SMILES string of the molecule is O=C(O)CNC(=O)[C@@H](CBr)Cc1ccccc1. The first-order chi connectivity index (χ1) is 8.13. The van der Waals surface area contributed by atoms with Gasteiger partial charge in [0.1, 0.15) is 6.54 Å². The summed E-state index contributed by atoms with van der Waals surface area (Å²) in [5, 5.41) is 11.4. The smallest absolute Gasteiger partial charge is 0.322 e. The zero-order valence-corrected chi connectivity index (χ0v) is 10.8. The number of carbonyl (C=O) groups excluding carboxylic acids is 1. The number of amides is 1.